The molecule has 2 atom stereocenters. The molecule has 0 saturated carbocycles. The summed E-state index contributed by atoms with van der Waals surface area (Å²) in [4.78, 5) is 23.5. The lowest BCUT2D eigenvalue weighted by Gasteiger charge is -2.36. The summed E-state index contributed by atoms with van der Waals surface area (Å²) in [6.45, 7) is 9.78. The topological polar surface area (TPSA) is 55.3 Å². The molecule has 1 aliphatic heterocycles. The number of aryl methyl sites for hydroxylation is 2. The van der Waals surface area contributed by atoms with Gasteiger partial charge in [0, 0.05) is 24.7 Å². The third-order valence-corrected chi connectivity index (χ3v) is 5.33. The van der Waals surface area contributed by atoms with Crippen molar-refractivity contribution in [3.05, 3.63) is 47.3 Å². The smallest absolute Gasteiger partial charge is 0.173 e. The Morgan fingerprint density at radius 3 is 2.62 bits per heavy atom. The second-order valence-electron chi connectivity index (χ2n) is 6.91. The number of hydrogen-bond acceptors (Lipinski definition) is 6. The third kappa shape index (κ3) is 4.62. The summed E-state index contributed by atoms with van der Waals surface area (Å²) in [5.41, 5.74) is 2.98. The SMILES string of the molecule is Cc1ccc(C(=O)CSc2cc(N3CC(C)OC(C)C3)ncn2)c(C)c1. The number of carbonyl (C=O) groups excluding carboxylic acids is 1. The molecule has 6 heteroatoms. The number of thioether (sulfide) groups is 1. The highest BCUT2D eigenvalue weighted by molar-refractivity contribution is 7.99. The summed E-state index contributed by atoms with van der Waals surface area (Å²) in [5, 5.41) is 0.819. The molecule has 2 unspecified atom stereocenters. The molecule has 0 spiro atoms. The van der Waals surface area contributed by atoms with Crippen LogP contribution in [0, 0.1) is 13.8 Å². The number of morpholine rings is 1. The summed E-state index contributed by atoms with van der Waals surface area (Å²) in [5.74, 6) is 1.39. The van der Waals surface area contributed by atoms with E-state index in [-0.39, 0.29) is 18.0 Å². The molecule has 1 fully saturated rings. The summed E-state index contributed by atoms with van der Waals surface area (Å²) >= 11 is 1.46. The summed E-state index contributed by atoms with van der Waals surface area (Å²) in [6, 6.07) is 7.90. The Morgan fingerprint density at radius 2 is 1.92 bits per heavy atom. The fourth-order valence-corrected chi connectivity index (χ4v) is 4.04. The van der Waals surface area contributed by atoms with Crippen LogP contribution in [-0.2, 0) is 4.74 Å². The van der Waals surface area contributed by atoms with Crippen LogP contribution in [0.4, 0.5) is 5.82 Å². The van der Waals surface area contributed by atoms with E-state index in [9.17, 15) is 4.79 Å². The Hall–Kier alpha value is -1.92. The maximum absolute atomic E-state index is 12.5. The number of hydrogen-bond donors (Lipinski definition) is 0. The molecule has 1 aromatic carbocycles. The first-order chi connectivity index (χ1) is 12.4. The van der Waals surface area contributed by atoms with Gasteiger partial charge in [-0.2, -0.15) is 0 Å². The lowest BCUT2D eigenvalue weighted by Crippen LogP contribution is -2.45. The van der Waals surface area contributed by atoms with E-state index in [0.717, 1.165) is 35.1 Å². The van der Waals surface area contributed by atoms with Crippen LogP contribution in [-0.4, -0.2) is 46.8 Å². The van der Waals surface area contributed by atoms with E-state index >= 15 is 0 Å². The van der Waals surface area contributed by atoms with E-state index in [1.165, 1.54) is 17.3 Å². The van der Waals surface area contributed by atoms with Gasteiger partial charge in [0.1, 0.15) is 17.2 Å². The average Bonchev–Trinajstić information content (AvgIpc) is 2.59. The van der Waals surface area contributed by atoms with Crippen molar-refractivity contribution in [1.82, 2.24) is 9.97 Å². The molecular weight excluding hydrogens is 346 g/mol. The minimum Gasteiger partial charge on any atom is -0.372 e. The van der Waals surface area contributed by atoms with Crippen LogP contribution >= 0.6 is 11.8 Å². The van der Waals surface area contributed by atoms with Crippen LogP contribution in [0.25, 0.3) is 0 Å². The van der Waals surface area contributed by atoms with Crippen molar-refractivity contribution in [3.63, 3.8) is 0 Å². The van der Waals surface area contributed by atoms with Gasteiger partial charge in [0.25, 0.3) is 0 Å². The third-order valence-electron chi connectivity index (χ3n) is 4.40. The number of ketones is 1. The number of benzene rings is 1. The lowest BCUT2D eigenvalue weighted by atomic mass is 10.0. The van der Waals surface area contributed by atoms with E-state index in [2.05, 4.69) is 28.7 Å². The van der Waals surface area contributed by atoms with Crippen LogP contribution < -0.4 is 4.90 Å². The predicted octanol–water partition coefficient (Wildman–Crippen LogP) is 3.68. The standard InChI is InChI=1S/C20H25N3O2S/c1-13-5-6-17(14(2)7-13)18(24)11-26-20-8-19(21-12-22-20)23-9-15(3)25-16(4)10-23/h5-8,12,15-16H,9-11H2,1-4H3. The predicted molar refractivity (Wildman–Crippen MR) is 105 cm³/mol. The van der Waals surface area contributed by atoms with Crippen molar-refractivity contribution in [2.24, 2.45) is 0 Å². The van der Waals surface area contributed by atoms with Gasteiger partial charge in [-0.1, -0.05) is 35.5 Å². The Bertz CT molecular complexity index is 786. The molecule has 1 aliphatic rings. The van der Waals surface area contributed by atoms with Gasteiger partial charge >= 0.3 is 0 Å². The Morgan fingerprint density at radius 1 is 1.19 bits per heavy atom. The largest absolute Gasteiger partial charge is 0.372 e. The fraction of sp³-hybridized carbons (Fsp3) is 0.450. The van der Waals surface area contributed by atoms with E-state index in [4.69, 9.17) is 4.74 Å². The quantitative estimate of drug-likeness (QED) is 0.454. The number of carbonyl (C=O) groups is 1. The second kappa shape index (κ2) is 8.18. The number of nitrogens with zero attached hydrogens (tertiary/aromatic N) is 3. The van der Waals surface area contributed by atoms with E-state index in [0.29, 0.717) is 5.75 Å². The highest BCUT2D eigenvalue weighted by Crippen LogP contribution is 2.24. The maximum atomic E-state index is 12.5. The zero-order chi connectivity index (χ0) is 18.7. The molecule has 138 valence electrons. The maximum Gasteiger partial charge on any atom is 0.173 e. The number of rotatable bonds is 5. The Balaban J connectivity index is 1.66. The molecule has 0 aliphatic carbocycles. The molecule has 0 amide bonds. The molecule has 0 N–H and O–H groups in total. The van der Waals surface area contributed by atoms with E-state index in [1.54, 1.807) is 6.33 Å². The molecule has 0 radical (unpaired) electrons. The second-order valence-corrected chi connectivity index (χ2v) is 7.90. The monoisotopic (exact) mass is 371 g/mol. The fourth-order valence-electron chi connectivity index (χ4n) is 3.29. The van der Waals surface area contributed by atoms with Crippen LogP contribution in [0.3, 0.4) is 0 Å². The van der Waals surface area contributed by atoms with Gasteiger partial charge in [-0.25, -0.2) is 9.97 Å². The molecule has 1 saturated heterocycles. The van der Waals surface area contributed by atoms with Gasteiger partial charge in [-0.05, 0) is 33.3 Å². The van der Waals surface area contributed by atoms with E-state index in [1.807, 2.05) is 38.1 Å². The molecule has 2 aromatic rings. The molecule has 0 bridgehead atoms. The lowest BCUT2D eigenvalue weighted by molar-refractivity contribution is -0.00548. The van der Waals surface area contributed by atoms with Crippen molar-refractivity contribution in [2.75, 3.05) is 23.7 Å². The van der Waals surface area contributed by atoms with Crippen molar-refractivity contribution < 1.29 is 9.53 Å². The summed E-state index contributed by atoms with van der Waals surface area (Å²) < 4.78 is 5.78. The van der Waals surface area contributed by atoms with Gasteiger partial charge < -0.3 is 9.64 Å². The summed E-state index contributed by atoms with van der Waals surface area (Å²) in [7, 11) is 0. The van der Waals surface area contributed by atoms with Gasteiger partial charge in [-0.15, -0.1) is 0 Å². The van der Waals surface area contributed by atoms with Crippen molar-refractivity contribution >= 4 is 23.4 Å². The van der Waals surface area contributed by atoms with Crippen LogP contribution in [0.1, 0.15) is 35.3 Å². The van der Waals surface area contributed by atoms with Gasteiger partial charge in [-0.3, -0.25) is 4.79 Å². The highest BCUT2D eigenvalue weighted by atomic mass is 32.2. The minimum atomic E-state index is 0.126. The number of aromatic nitrogens is 2. The zero-order valence-corrected chi connectivity index (χ0v) is 16.5. The first-order valence-corrected chi connectivity index (χ1v) is 9.86. The van der Waals surface area contributed by atoms with Crippen LogP contribution in [0.2, 0.25) is 0 Å². The van der Waals surface area contributed by atoms with Crippen molar-refractivity contribution in [1.29, 1.82) is 0 Å². The Kier molecular flexibility index (Phi) is 5.94. The number of ether oxygens (including phenoxy) is 1. The van der Waals surface area contributed by atoms with Gasteiger partial charge in [0.2, 0.25) is 0 Å². The van der Waals surface area contributed by atoms with Gasteiger partial charge in [0.05, 0.1) is 18.0 Å². The normalized spacial score (nSPS) is 20.2. The number of anilines is 1. The first-order valence-electron chi connectivity index (χ1n) is 8.88. The van der Waals surface area contributed by atoms with Gasteiger partial charge in [0.15, 0.2) is 5.78 Å². The molecule has 3 rings (SSSR count). The molecule has 26 heavy (non-hydrogen) atoms. The molecular formula is C20H25N3O2S. The van der Waals surface area contributed by atoms with Crippen molar-refractivity contribution in [3.8, 4) is 0 Å². The highest BCUT2D eigenvalue weighted by Gasteiger charge is 2.23. The molecule has 1 aromatic heterocycles. The zero-order valence-electron chi connectivity index (χ0n) is 15.7. The molecule has 5 nitrogen and oxygen atoms in total. The number of Topliss-reactive ketones (excluding diaryl/α,β-unsaturated/α-hetero) is 1. The van der Waals surface area contributed by atoms with Crippen molar-refractivity contribution in [2.45, 2.75) is 44.9 Å². The van der Waals surface area contributed by atoms with E-state index < -0.39 is 0 Å². The molecule has 2 heterocycles. The average molecular weight is 372 g/mol. The first kappa shape index (κ1) is 18.9. The minimum absolute atomic E-state index is 0.126. The van der Waals surface area contributed by atoms with Crippen LogP contribution in [0.15, 0.2) is 35.6 Å². The van der Waals surface area contributed by atoms with Crippen LogP contribution in [0.5, 0.6) is 0 Å². The Labute approximate surface area is 159 Å². The summed E-state index contributed by atoms with van der Waals surface area (Å²) in [6.07, 6.45) is 1.93.